The van der Waals surface area contributed by atoms with Crippen molar-refractivity contribution in [2.75, 3.05) is 26.2 Å². The number of aryl methyl sites for hydroxylation is 2. The number of rotatable bonds is 3. The first-order valence-electron chi connectivity index (χ1n) is 9.09. The first kappa shape index (κ1) is 19.5. The van der Waals surface area contributed by atoms with E-state index in [1.165, 1.54) is 12.8 Å². The number of fused-ring (bicyclic) bond motifs is 1. The Hall–Kier alpha value is -0.860. The zero-order valence-corrected chi connectivity index (χ0v) is 17.5. The Bertz CT molecular complexity index is 547. The van der Waals surface area contributed by atoms with E-state index in [0.29, 0.717) is 5.92 Å². The normalized spacial score (nSPS) is 22.0. The Morgan fingerprint density at radius 3 is 2.71 bits per heavy atom. The van der Waals surface area contributed by atoms with Gasteiger partial charge in [-0.2, -0.15) is 0 Å². The summed E-state index contributed by atoms with van der Waals surface area (Å²) < 4.78 is 2.26. The number of halogens is 1. The summed E-state index contributed by atoms with van der Waals surface area (Å²) in [4.78, 5) is 7.38. The highest BCUT2D eigenvalue weighted by Crippen LogP contribution is 2.21. The first-order valence-corrected chi connectivity index (χ1v) is 9.09. The van der Waals surface area contributed by atoms with Gasteiger partial charge in [-0.05, 0) is 44.9 Å². The molecule has 1 aromatic heterocycles. The number of guanidine groups is 1. The second-order valence-electron chi connectivity index (χ2n) is 7.04. The van der Waals surface area contributed by atoms with Gasteiger partial charge in [0.1, 0.15) is 11.6 Å². The number of nitrogens with one attached hydrogen (secondary N) is 1. The number of piperidine rings is 1. The lowest BCUT2D eigenvalue weighted by molar-refractivity contribution is 0.272. The van der Waals surface area contributed by atoms with Crippen LogP contribution < -0.4 is 5.32 Å². The molecule has 2 aliphatic heterocycles. The molecule has 1 saturated heterocycles. The zero-order valence-electron chi connectivity index (χ0n) is 15.2. The quantitative estimate of drug-likeness (QED) is 0.441. The summed E-state index contributed by atoms with van der Waals surface area (Å²) in [6.07, 6.45) is 4.74. The van der Waals surface area contributed by atoms with Crippen molar-refractivity contribution in [1.82, 2.24) is 25.0 Å². The monoisotopic (exact) mass is 446 g/mol. The van der Waals surface area contributed by atoms with Gasteiger partial charge in [0.25, 0.3) is 0 Å². The van der Waals surface area contributed by atoms with E-state index in [0.717, 1.165) is 69.1 Å². The Kier molecular flexibility index (Phi) is 7.31. The van der Waals surface area contributed by atoms with E-state index in [2.05, 4.69) is 38.8 Å². The van der Waals surface area contributed by atoms with Crippen LogP contribution in [-0.4, -0.2) is 51.8 Å². The average Bonchev–Trinajstić information content (AvgIpc) is 2.93. The molecule has 0 aliphatic carbocycles. The highest BCUT2D eigenvalue weighted by Gasteiger charge is 2.22. The lowest BCUT2D eigenvalue weighted by Crippen LogP contribution is -2.45. The lowest BCUT2D eigenvalue weighted by Gasteiger charge is -2.33. The Labute approximate surface area is 162 Å². The smallest absolute Gasteiger partial charge is 0.193 e. The van der Waals surface area contributed by atoms with Gasteiger partial charge < -0.3 is 14.8 Å². The molecule has 0 aromatic carbocycles. The summed E-state index contributed by atoms with van der Waals surface area (Å²) in [6.45, 7) is 11.6. The highest BCUT2D eigenvalue weighted by atomic mass is 127. The zero-order chi connectivity index (χ0) is 16.2. The molecule has 0 amide bonds. The minimum absolute atomic E-state index is 0. The van der Waals surface area contributed by atoms with Gasteiger partial charge in [0.05, 0.1) is 0 Å². The SMILES string of the molecule is CCNC(=NCC1CCc2nnc(C)n2C1)N1CCC(C)CC1.I. The molecule has 6 nitrogen and oxygen atoms in total. The molecule has 1 unspecified atom stereocenters. The van der Waals surface area contributed by atoms with Crippen LogP contribution in [0, 0.1) is 18.8 Å². The Balaban J connectivity index is 0.00000208. The van der Waals surface area contributed by atoms with Crippen molar-refractivity contribution in [2.45, 2.75) is 53.0 Å². The van der Waals surface area contributed by atoms with Gasteiger partial charge in [0.15, 0.2) is 5.96 Å². The number of aromatic nitrogens is 3. The summed E-state index contributed by atoms with van der Waals surface area (Å²) in [5, 5.41) is 11.9. The van der Waals surface area contributed by atoms with Crippen molar-refractivity contribution >= 4 is 29.9 Å². The standard InChI is InChI=1S/C17H30N6.HI/c1-4-18-17(22-9-7-13(2)8-10-22)19-11-15-5-6-16-21-20-14(3)23(16)12-15;/h13,15H,4-12H2,1-3H3,(H,18,19);1H. The van der Waals surface area contributed by atoms with Crippen molar-refractivity contribution in [2.24, 2.45) is 16.8 Å². The molecule has 2 aliphatic rings. The van der Waals surface area contributed by atoms with Crippen molar-refractivity contribution in [3.63, 3.8) is 0 Å². The number of likely N-dealkylation sites (tertiary alicyclic amines) is 1. The molecule has 7 heteroatoms. The minimum Gasteiger partial charge on any atom is -0.357 e. The fourth-order valence-corrected chi connectivity index (χ4v) is 3.54. The van der Waals surface area contributed by atoms with Crippen LogP contribution in [0.25, 0.3) is 0 Å². The molecule has 0 radical (unpaired) electrons. The fourth-order valence-electron chi connectivity index (χ4n) is 3.54. The molecule has 1 aromatic rings. The third kappa shape index (κ3) is 4.61. The van der Waals surface area contributed by atoms with E-state index in [-0.39, 0.29) is 24.0 Å². The Morgan fingerprint density at radius 1 is 1.25 bits per heavy atom. The largest absolute Gasteiger partial charge is 0.357 e. The highest BCUT2D eigenvalue weighted by molar-refractivity contribution is 14.0. The third-order valence-electron chi connectivity index (χ3n) is 5.15. The van der Waals surface area contributed by atoms with Crippen LogP contribution in [0.2, 0.25) is 0 Å². The van der Waals surface area contributed by atoms with E-state index < -0.39 is 0 Å². The summed E-state index contributed by atoms with van der Waals surface area (Å²) >= 11 is 0. The van der Waals surface area contributed by atoms with Gasteiger partial charge in [0, 0.05) is 39.1 Å². The molecule has 3 heterocycles. The van der Waals surface area contributed by atoms with Crippen LogP contribution in [0.3, 0.4) is 0 Å². The van der Waals surface area contributed by atoms with Crippen molar-refractivity contribution in [3.8, 4) is 0 Å². The molecule has 1 atom stereocenters. The Morgan fingerprint density at radius 2 is 2.00 bits per heavy atom. The van der Waals surface area contributed by atoms with Crippen molar-refractivity contribution in [1.29, 1.82) is 0 Å². The minimum atomic E-state index is 0. The molecular weight excluding hydrogens is 415 g/mol. The van der Waals surface area contributed by atoms with E-state index in [9.17, 15) is 0 Å². The number of nitrogens with zero attached hydrogens (tertiary/aromatic N) is 5. The lowest BCUT2D eigenvalue weighted by atomic mass is 9.99. The maximum atomic E-state index is 4.95. The van der Waals surface area contributed by atoms with Gasteiger partial charge in [-0.3, -0.25) is 4.99 Å². The maximum absolute atomic E-state index is 4.95. The van der Waals surface area contributed by atoms with Crippen LogP contribution in [0.1, 0.15) is 44.8 Å². The van der Waals surface area contributed by atoms with E-state index >= 15 is 0 Å². The molecule has 24 heavy (non-hydrogen) atoms. The van der Waals surface area contributed by atoms with Crippen LogP contribution in [0.5, 0.6) is 0 Å². The van der Waals surface area contributed by atoms with Crippen LogP contribution in [0.4, 0.5) is 0 Å². The van der Waals surface area contributed by atoms with Crippen LogP contribution in [0.15, 0.2) is 4.99 Å². The number of hydrogen-bond acceptors (Lipinski definition) is 3. The predicted molar refractivity (Wildman–Crippen MR) is 108 cm³/mol. The average molecular weight is 446 g/mol. The van der Waals surface area contributed by atoms with E-state index in [1.807, 2.05) is 6.92 Å². The van der Waals surface area contributed by atoms with Crippen LogP contribution in [-0.2, 0) is 13.0 Å². The summed E-state index contributed by atoms with van der Waals surface area (Å²) in [7, 11) is 0. The van der Waals surface area contributed by atoms with Gasteiger partial charge >= 0.3 is 0 Å². The molecule has 3 rings (SSSR count). The van der Waals surface area contributed by atoms with Crippen molar-refractivity contribution < 1.29 is 0 Å². The van der Waals surface area contributed by atoms with Gasteiger partial charge in [-0.15, -0.1) is 34.2 Å². The fraction of sp³-hybridized carbons (Fsp3) is 0.824. The molecule has 1 fully saturated rings. The van der Waals surface area contributed by atoms with Gasteiger partial charge in [0.2, 0.25) is 0 Å². The van der Waals surface area contributed by atoms with Crippen molar-refractivity contribution in [3.05, 3.63) is 11.6 Å². The summed E-state index contributed by atoms with van der Waals surface area (Å²) in [6, 6.07) is 0. The number of hydrogen-bond donors (Lipinski definition) is 1. The summed E-state index contributed by atoms with van der Waals surface area (Å²) in [5.41, 5.74) is 0. The maximum Gasteiger partial charge on any atom is 0.193 e. The van der Waals surface area contributed by atoms with E-state index in [4.69, 9.17) is 4.99 Å². The third-order valence-corrected chi connectivity index (χ3v) is 5.15. The van der Waals surface area contributed by atoms with Crippen LogP contribution >= 0.6 is 24.0 Å². The number of aliphatic imine (C=N–C) groups is 1. The first-order chi connectivity index (χ1) is 11.2. The van der Waals surface area contributed by atoms with Gasteiger partial charge in [-0.25, -0.2) is 0 Å². The molecule has 1 N–H and O–H groups in total. The molecule has 0 spiro atoms. The molecule has 0 bridgehead atoms. The molecule has 136 valence electrons. The van der Waals surface area contributed by atoms with Gasteiger partial charge in [-0.1, -0.05) is 6.92 Å². The predicted octanol–water partition coefficient (Wildman–Crippen LogP) is 2.46. The molecule has 0 saturated carbocycles. The topological polar surface area (TPSA) is 58.3 Å². The second-order valence-corrected chi connectivity index (χ2v) is 7.04. The summed E-state index contributed by atoms with van der Waals surface area (Å²) in [5.74, 6) is 4.72. The second kappa shape index (κ2) is 9.01. The molecular formula is C17H31IN6. The van der Waals surface area contributed by atoms with E-state index in [1.54, 1.807) is 0 Å².